The minimum atomic E-state index is -0.113. The van der Waals surface area contributed by atoms with Gasteiger partial charge in [-0.25, -0.2) is 4.98 Å². The molecule has 0 aliphatic rings. The summed E-state index contributed by atoms with van der Waals surface area (Å²) in [5, 5.41) is 13.8. The lowest BCUT2D eigenvalue weighted by Crippen LogP contribution is -2.26. The molecule has 3 aromatic rings. The summed E-state index contributed by atoms with van der Waals surface area (Å²) in [4.78, 5) is 16.7. The predicted octanol–water partition coefficient (Wildman–Crippen LogP) is 2.20. The fourth-order valence-corrected chi connectivity index (χ4v) is 2.39. The first kappa shape index (κ1) is 16.6. The number of amides is 1. The molecule has 0 aliphatic carbocycles. The number of anilines is 1. The van der Waals surface area contributed by atoms with Gasteiger partial charge in [-0.1, -0.05) is 18.2 Å². The zero-order valence-corrected chi connectivity index (χ0v) is 14.0. The molecule has 2 aromatic heterocycles. The third-order valence-electron chi connectivity index (χ3n) is 3.70. The summed E-state index contributed by atoms with van der Waals surface area (Å²) in [5.41, 5.74) is 2.48. The van der Waals surface area contributed by atoms with Gasteiger partial charge >= 0.3 is 0 Å². The van der Waals surface area contributed by atoms with Crippen molar-refractivity contribution < 1.29 is 4.79 Å². The van der Waals surface area contributed by atoms with Crippen LogP contribution in [0.15, 0.2) is 55.2 Å². The molecule has 0 atom stereocenters. The zero-order chi connectivity index (χ0) is 17.5. The van der Waals surface area contributed by atoms with Crippen molar-refractivity contribution >= 4 is 11.7 Å². The van der Waals surface area contributed by atoms with Gasteiger partial charge in [0.15, 0.2) is 0 Å². The van der Waals surface area contributed by atoms with Gasteiger partial charge in [-0.3, -0.25) is 9.36 Å². The Balaban J connectivity index is 1.49. The molecule has 7 nitrogen and oxygen atoms in total. The lowest BCUT2D eigenvalue weighted by atomic mass is 10.1. The van der Waals surface area contributed by atoms with Crippen molar-refractivity contribution in [2.45, 2.75) is 13.3 Å². The van der Waals surface area contributed by atoms with Crippen LogP contribution < -0.4 is 10.6 Å². The first-order valence-electron chi connectivity index (χ1n) is 8.13. The van der Waals surface area contributed by atoms with Crippen LogP contribution in [-0.2, 0) is 0 Å². The Morgan fingerprint density at radius 1 is 1.08 bits per heavy atom. The number of rotatable bonds is 7. The number of aryl methyl sites for hydroxylation is 1. The molecule has 0 saturated carbocycles. The molecule has 3 rings (SSSR count). The van der Waals surface area contributed by atoms with Crippen LogP contribution in [-0.4, -0.2) is 38.7 Å². The molecular weight excluding hydrogens is 316 g/mol. The number of carbonyl (C=O) groups is 1. The van der Waals surface area contributed by atoms with Crippen molar-refractivity contribution in [3.63, 3.8) is 0 Å². The van der Waals surface area contributed by atoms with Crippen LogP contribution in [0.4, 0.5) is 5.82 Å². The van der Waals surface area contributed by atoms with Crippen LogP contribution >= 0.6 is 0 Å². The highest BCUT2D eigenvalue weighted by Gasteiger charge is 2.11. The largest absolute Gasteiger partial charge is 0.370 e. The number of nitrogens with zero attached hydrogens (tertiary/aromatic N) is 4. The highest BCUT2D eigenvalue weighted by molar-refractivity contribution is 5.97. The quantitative estimate of drug-likeness (QED) is 0.646. The Kier molecular flexibility index (Phi) is 5.36. The van der Waals surface area contributed by atoms with E-state index in [-0.39, 0.29) is 5.91 Å². The van der Waals surface area contributed by atoms with E-state index in [1.165, 1.54) is 0 Å². The van der Waals surface area contributed by atoms with Gasteiger partial charge in [0.1, 0.15) is 18.5 Å². The van der Waals surface area contributed by atoms with E-state index in [9.17, 15) is 4.79 Å². The van der Waals surface area contributed by atoms with Gasteiger partial charge in [-0.15, -0.1) is 10.2 Å². The minimum absolute atomic E-state index is 0.113. The molecule has 0 saturated heterocycles. The van der Waals surface area contributed by atoms with Crippen LogP contribution in [0.5, 0.6) is 0 Å². The molecule has 25 heavy (non-hydrogen) atoms. The summed E-state index contributed by atoms with van der Waals surface area (Å²) in [6.45, 7) is 3.32. The maximum Gasteiger partial charge on any atom is 0.253 e. The van der Waals surface area contributed by atoms with Crippen molar-refractivity contribution in [2.24, 2.45) is 0 Å². The molecule has 1 aromatic carbocycles. The molecule has 2 N–H and O–H groups in total. The molecule has 128 valence electrons. The number of aromatic nitrogens is 4. The maximum absolute atomic E-state index is 12.4. The summed E-state index contributed by atoms with van der Waals surface area (Å²) in [6, 6.07) is 11.3. The SMILES string of the molecule is Cc1ccc(NCCCNC(=O)c2ccccc2-n2cnnc2)nc1. The molecule has 0 unspecified atom stereocenters. The number of hydrogen-bond acceptors (Lipinski definition) is 5. The average molecular weight is 336 g/mol. The fraction of sp³-hybridized carbons (Fsp3) is 0.222. The van der Waals surface area contributed by atoms with E-state index in [4.69, 9.17) is 0 Å². The third-order valence-corrected chi connectivity index (χ3v) is 3.70. The zero-order valence-electron chi connectivity index (χ0n) is 14.0. The number of hydrogen-bond donors (Lipinski definition) is 2. The predicted molar refractivity (Wildman–Crippen MR) is 95.8 cm³/mol. The number of benzene rings is 1. The van der Waals surface area contributed by atoms with Crippen LogP contribution in [0.2, 0.25) is 0 Å². The van der Waals surface area contributed by atoms with E-state index in [1.807, 2.05) is 43.5 Å². The molecule has 0 spiro atoms. The van der Waals surface area contributed by atoms with E-state index in [0.29, 0.717) is 12.1 Å². The Morgan fingerprint density at radius 2 is 1.88 bits per heavy atom. The highest BCUT2D eigenvalue weighted by atomic mass is 16.1. The Morgan fingerprint density at radius 3 is 2.64 bits per heavy atom. The van der Waals surface area contributed by atoms with Gasteiger partial charge in [0.05, 0.1) is 11.3 Å². The minimum Gasteiger partial charge on any atom is -0.370 e. The van der Waals surface area contributed by atoms with Crippen molar-refractivity contribution in [1.82, 2.24) is 25.1 Å². The normalized spacial score (nSPS) is 10.4. The number of pyridine rings is 1. The lowest BCUT2D eigenvalue weighted by molar-refractivity contribution is 0.0953. The number of para-hydroxylation sites is 1. The average Bonchev–Trinajstić information content (AvgIpc) is 3.17. The lowest BCUT2D eigenvalue weighted by Gasteiger charge is -2.10. The smallest absolute Gasteiger partial charge is 0.253 e. The van der Waals surface area contributed by atoms with Gasteiger partial charge in [-0.2, -0.15) is 0 Å². The fourth-order valence-electron chi connectivity index (χ4n) is 2.39. The second-order valence-electron chi connectivity index (χ2n) is 5.64. The Labute approximate surface area is 146 Å². The molecule has 0 bridgehead atoms. The topological polar surface area (TPSA) is 84.7 Å². The van der Waals surface area contributed by atoms with E-state index < -0.39 is 0 Å². The first-order valence-corrected chi connectivity index (χ1v) is 8.13. The van der Waals surface area contributed by atoms with Gasteiger partial charge in [0, 0.05) is 19.3 Å². The van der Waals surface area contributed by atoms with E-state index in [0.717, 1.165) is 30.0 Å². The molecule has 2 heterocycles. The van der Waals surface area contributed by atoms with Crippen molar-refractivity contribution in [3.8, 4) is 5.69 Å². The van der Waals surface area contributed by atoms with Gasteiger partial charge < -0.3 is 10.6 Å². The van der Waals surface area contributed by atoms with E-state index in [1.54, 1.807) is 23.3 Å². The second-order valence-corrected chi connectivity index (χ2v) is 5.64. The maximum atomic E-state index is 12.4. The van der Waals surface area contributed by atoms with Crippen LogP contribution in [0.3, 0.4) is 0 Å². The summed E-state index contributed by atoms with van der Waals surface area (Å²) in [6.07, 6.45) is 5.78. The van der Waals surface area contributed by atoms with Gasteiger partial charge in [-0.05, 0) is 37.1 Å². The molecular formula is C18H20N6O. The molecule has 0 aliphatic heterocycles. The van der Waals surface area contributed by atoms with E-state index in [2.05, 4.69) is 25.8 Å². The summed E-state index contributed by atoms with van der Waals surface area (Å²) in [7, 11) is 0. The van der Waals surface area contributed by atoms with Crippen molar-refractivity contribution in [3.05, 3.63) is 66.4 Å². The monoisotopic (exact) mass is 336 g/mol. The first-order chi connectivity index (χ1) is 12.2. The molecule has 7 heteroatoms. The number of carbonyl (C=O) groups excluding carboxylic acids is 1. The Hall–Kier alpha value is -3.22. The van der Waals surface area contributed by atoms with Crippen LogP contribution in [0.1, 0.15) is 22.3 Å². The number of nitrogens with one attached hydrogen (secondary N) is 2. The van der Waals surface area contributed by atoms with E-state index >= 15 is 0 Å². The van der Waals surface area contributed by atoms with Crippen molar-refractivity contribution in [1.29, 1.82) is 0 Å². The second kappa shape index (κ2) is 8.05. The molecule has 0 radical (unpaired) electrons. The summed E-state index contributed by atoms with van der Waals surface area (Å²) < 4.78 is 1.72. The highest BCUT2D eigenvalue weighted by Crippen LogP contribution is 2.13. The van der Waals surface area contributed by atoms with Crippen LogP contribution in [0, 0.1) is 6.92 Å². The van der Waals surface area contributed by atoms with Gasteiger partial charge in [0.2, 0.25) is 0 Å². The summed E-state index contributed by atoms with van der Waals surface area (Å²) in [5.74, 6) is 0.729. The van der Waals surface area contributed by atoms with Crippen LogP contribution in [0.25, 0.3) is 5.69 Å². The third kappa shape index (κ3) is 4.41. The summed E-state index contributed by atoms with van der Waals surface area (Å²) >= 11 is 0. The molecule has 1 amide bonds. The molecule has 0 fully saturated rings. The van der Waals surface area contributed by atoms with Crippen molar-refractivity contribution in [2.75, 3.05) is 18.4 Å². The van der Waals surface area contributed by atoms with Gasteiger partial charge in [0.25, 0.3) is 5.91 Å². The Bertz CT molecular complexity index is 814. The standard InChI is InChI=1S/C18H20N6O/c1-14-7-8-17(21-11-14)19-9-4-10-20-18(25)15-5-2-3-6-16(15)24-12-22-23-13-24/h2-3,5-8,11-13H,4,9-10H2,1H3,(H,19,21)(H,20,25).